The van der Waals surface area contributed by atoms with E-state index < -0.39 is 0 Å². The van der Waals surface area contributed by atoms with Gasteiger partial charge in [-0.3, -0.25) is 0 Å². The summed E-state index contributed by atoms with van der Waals surface area (Å²) in [4.78, 5) is 0. The lowest BCUT2D eigenvalue weighted by atomic mass is 9.95. The number of hydrogen-bond donors (Lipinski definition) is 2. The van der Waals surface area contributed by atoms with Gasteiger partial charge >= 0.3 is 0 Å². The molecule has 0 bridgehead atoms. The summed E-state index contributed by atoms with van der Waals surface area (Å²) in [5.74, 6) is 1.28. The largest absolute Gasteiger partial charge is 0.394 e. The van der Waals surface area contributed by atoms with Gasteiger partial charge in [0.2, 0.25) is 0 Å². The predicted molar refractivity (Wildman–Crippen MR) is 80.3 cm³/mol. The third kappa shape index (κ3) is 5.41. The van der Waals surface area contributed by atoms with Crippen molar-refractivity contribution < 1.29 is 9.84 Å². The third-order valence-corrected chi connectivity index (χ3v) is 4.43. The summed E-state index contributed by atoms with van der Waals surface area (Å²) in [5, 5.41) is 13.2. The normalized spacial score (nSPS) is 20.2. The fourth-order valence-corrected chi connectivity index (χ4v) is 2.84. The molecule has 0 radical (unpaired) electrons. The minimum atomic E-state index is -0.183. The zero-order valence-corrected chi connectivity index (χ0v) is 13.1. The summed E-state index contributed by atoms with van der Waals surface area (Å²) < 4.78 is 5.97. The maximum atomic E-state index is 9.74. The van der Waals surface area contributed by atoms with Gasteiger partial charge in [0.05, 0.1) is 18.8 Å². The summed E-state index contributed by atoms with van der Waals surface area (Å²) in [7, 11) is 0. The Labute approximate surface area is 119 Å². The van der Waals surface area contributed by atoms with Gasteiger partial charge in [-0.15, -0.1) is 0 Å². The van der Waals surface area contributed by atoms with Gasteiger partial charge in [-0.1, -0.05) is 40.0 Å². The van der Waals surface area contributed by atoms with Gasteiger partial charge in [0.1, 0.15) is 0 Å². The highest BCUT2D eigenvalue weighted by Crippen LogP contribution is 2.39. The molecule has 2 unspecified atom stereocenters. The summed E-state index contributed by atoms with van der Waals surface area (Å²) in [6, 6.07) is 0. The van der Waals surface area contributed by atoms with Crippen molar-refractivity contribution in [3.05, 3.63) is 0 Å². The van der Waals surface area contributed by atoms with Gasteiger partial charge < -0.3 is 15.2 Å². The highest BCUT2D eigenvalue weighted by atomic mass is 16.5. The first-order chi connectivity index (χ1) is 9.22. The molecule has 1 aliphatic carbocycles. The maximum absolute atomic E-state index is 9.74. The zero-order chi connectivity index (χ0) is 14.1. The van der Waals surface area contributed by atoms with Crippen molar-refractivity contribution in [2.24, 2.45) is 11.8 Å². The molecule has 0 heterocycles. The Morgan fingerprint density at radius 3 is 2.53 bits per heavy atom. The second-order valence-electron chi connectivity index (χ2n) is 6.05. The lowest BCUT2D eigenvalue weighted by Gasteiger charge is -2.33. The highest BCUT2D eigenvalue weighted by Gasteiger charge is 2.44. The smallest absolute Gasteiger partial charge is 0.0679 e. The predicted octanol–water partition coefficient (Wildman–Crippen LogP) is 2.97. The van der Waals surface area contributed by atoms with Gasteiger partial charge in [-0.05, 0) is 37.6 Å². The van der Waals surface area contributed by atoms with Crippen LogP contribution >= 0.6 is 0 Å². The van der Waals surface area contributed by atoms with Gasteiger partial charge in [-0.2, -0.15) is 0 Å². The number of ether oxygens (including phenoxy) is 1. The summed E-state index contributed by atoms with van der Waals surface area (Å²) >= 11 is 0. The zero-order valence-electron chi connectivity index (χ0n) is 13.1. The summed E-state index contributed by atoms with van der Waals surface area (Å²) in [6.07, 6.45) is 7.47. The second kappa shape index (κ2) is 8.93. The SMILES string of the molecule is CCCCC(CC)COCC(CO)(NCC)C1CC1. The van der Waals surface area contributed by atoms with E-state index in [9.17, 15) is 5.11 Å². The Balaban J connectivity index is 2.34. The number of unbranched alkanes of at least 4 members (excludes halogenated alkanes) is 1. The monoisotopic (exact) mass is 271 g/mol. The molecule has 114 valence electrons. The molecular weight excluding hydrogens is 238 g/mol. The number of aliphatic hydroxyl groups excluding tert-OH is 1. The molecule has 1 rings (SSSR count). The lowest BCUT2D eigenvalue weighted by molar-refractivity contribution is 0.00869. The van der Waals surface area contributed by atoms with Crippen LogP contribution in [0.3, 0.4) is 0 Å². The second-order valence-corrected chi connectivity index (χ2v) is 6.05. The molecule has 2 atom stereocenters. The van der Waals surface area contributed by atoms with Gasteiger partial charge in [0, 0.05) is 6.61 Å². The third-order valence-electron chi connectivity index (χ3n) is 4.43. The maximum Gasteiger partial charge on any atom is 0.0679 e. The Hall–Kier alpha value is -0.120. The van der Waals surface area contributed by atoms with Crippen LogP contribution in [0.15, 0.2) is 0 Å². The van der Waals surface area contributed by atoms with E-state index in [1.165, 1.54) is 38.5 Å². The van der Waals surface area contributed by atoms with Gasteiger partial charge in [0.15, 0.2) is 0 Å². The van der Waals surface area contributed by atoms with E-state index in [4.69, 9.17) is 4.74 Å². The van der Waals surface area contributed by atoms with Crippen molar-refractivity contribution >= 4 is 0 Å². The number of aliphatic hydroxyl groups is 1. The molecule has 19 heavy (non-hydrogen) atoms. The number of rotatable bonds is 12. The molecule has 1 fully saturated rings. The highest BCUT2D eigenvalue weighted by molar-refractivity contribution is 5.00. The molecule has 0 aliphatic heterocycles. The van der Waals surface area contributed by atoms with Gasteiger partial charge in [-0.25, -0.2) is 0 Å². The Bertz CT molecular complexity index is 231. The standard InChI is InChI=1S/C16H33NO2/c1-4-7-8-14(5-2)11-19-13-16(12-18,17-6-3)15-9-10-15/h14-15,17-18H,4-13H2,1-3H3. The quantitative estimate of drug-likeness (QED) is 0.573. The molecular formula is C16H33NO2. The first-order valence-corrected chi connectivity index (χ1v) is 8.16. The van der Waals surface area contributed by atoms with Crippen LogP contribution in [0.5, 0.6) is 0 Å². The molecule has 0 aromatic heterocycles. The van der Waals surface area contributed by atoms with Crippen LogP contribution < -0.4 is 5.32 Å². The van der Waals surface area contributed by atoms with Crippen LogP contribution in [0.25, 0.3) is 0 Å². The van der Waals surface area contributed by atoms with Crippen LogP contribution in [0, 0.1) is 11.8 Å². The van der Waals surface area contributed by atoms with Gasteiger partial charge in [0.25, 0.3) is 0 Å². The Morgan fingerprint density at radius 2 is 2.05 bits per heavy atom. The van der Waals surface area contributed by atoms with E-state index in [-0.39, 0.29) is 12.1 Å². The van der Waals surface area contributed by atoms with Crippen molar-refractivity contribution in [3.63, 3.8) is 0 Å². The summed E-state index contributed by atoms with van der Waals surface area (Å²) in [6.45, 7) is 9.17. The minimum absolute atomic E-state index is 0.183. The van der Waals surface area contributed by atoms with Crippen molar-refractivity contribution in [2.75, 3.05) is 26.4 Å². The van der Waals surface area contributed by atoms with E-state index in [1.807, 2.05) is 0 Å². The fraction of sp³-hybridized carbons (Fsp3) is 1.00. The number of likely N-dealkylation sites (N-methyl/N-ethyl adjacent to an activating group) is 1. The van der Waals surface area contributed by atoms with Crippen LogP contribution in [-0.2, 0) is 4.74 Å². The van der Waals surface area contributed by atoms with E-state index in [1.54, 1.807) is 0 Å². The van der Waals surface area contributed by atoms with Crippen LogP contribution in [-0.4, -0.2) is 37.0 Å². The Kier molecular flexibility index (Phi) is 7.96. The molecule has 0 aromatic carbocycles. The average molecular weight is 271 g/mol. The molecule has 0 saturated heterocycles. The molecule has 0 spiro atoms. The van der Waals surface area contributed by atoms with E-state index in [0.717, 1.165) is 13.2 Å². The van der Waals surface area contributed by atoms with Crippen molar-refractivity contribution in [3.8, 4) is 0 Å². The summed E-state index contributed by atoms with van der Waals surface area (Å²) in [5.41, 5.74) is -0.183. The van der Waals surface area contributed by atoms with Crippen molar-refractivity contribution in [1.82, 2.24) is 5.32 Å². The molecule has 3 heteroatoms. The molecule has 2 N–H and O–H groups in total. The molecule has 0 amide bonds. The fourth-order valence-electron chi connectivity index (χ4n) is 2.84. The first kappa shape index (κ1) is 16.9. The van der Waals surface area contributed by atoms with Crippen LogP contribution in [0.4, 0.5) is 0 Å². The molecule has 0 aromatic rings. The Morgan fingerprint density at radius 1 is 1.32 bits per heavy atom. The van der Waals surface area contributed by atoms with Crippen molar-refractivity contribution in [1.29, 1.82) is 0 Å². The molecule has 1 aliphatic rings. The minimum Gasteiger partial charge on any atom is -0.394 e. The average Bonchev–Trinajstić information content (AvgIpc) is 3.26. The van der Waals surface area contributed by atoms with E-state index in [0.29, 0.717) is 18.4 Å². The number of hydrogen-bond acceptors (Lipinski definition) is 3. The van der Waals surface area contributed by atoms with Crippen LogP contribution in [0.1, 0.15) is 59.3 Å². The van der Waals surface area contributed by atoms with E-state index in [2.05, 4.69) is 26.1 Å². The molecule has 1 saturated carbocycles. The van der Waals surface area contributed by atoms with Crippen LogP contribution in [0.2, 0.25) is 0 Å². The number of nitrogens with one attached hydrogen (secondary N) is 1. The first-order valence-electron chi connectivity index (χ1n) is 8.16. The van der Waals surface area contributed by atoms with Crippen molar-refractivity contribution in [2.45, 2.75) is 64.8 Å². The lowest BCUT2D eigenvalue weighted by Crippen LogP contribution is -2.54. The molecule has 3 nitrogen and oxygen atoms in total. The van der Waals surface area contributed by atoms with E-state index >= 15 is 0 Å². The topological polar surface area (TPSA) is 41.5 Å².